The molecule has 1 fully saturated rings. The molecule has 0 saturated carbocycles. The Morgan fingerprint density at radius 3 is 2.67 bits per heavy atom. The summed E-state index contributed by atoms with van der Waals surface area (Å²) in [7, 11) is 0. The van der Waals surface area contributed by atoms with E-state index in [9.17, 15) is 9.59 Å². The summed E-state index contributed by atoms with van der Waals surface area (Å²) in [6.07, 6.45) is 3.73. The first-order valence-corrected chi connectivity index (χ1v) is 12.8. The molecule has 1 N–H and O–H groups in total. The molecular formula is C26H24ClN5O3S. The molecule has 3 aliphatic heterocycles. The van der Waals surface area contributed by atoms with Crippen LogP contribution in [0.1, 0.15) is 36.0 Å². The molecule has 0 unspecified atom stereocenters. The summed E-state index contributed by atoms with van der Waals surface area (Å²) in [5.41, 5.74) is 2.94. The number of nitrogens with one attached hydrogen (secondary N) is 1. The predicted octanol–water partition coefficient (Wildman–Crippen LogP) is 4.86. The van der Waals surface area contributed by atoms with Crippen LogP contribution in [0.3, 0.4) is 0 Å². The van der Waals surface area contributed by atoms with E-state index < -0.39 is 5.91 Å². The van der Waals surface area contributed by atoms with Crippen LogP contribution in [0.4, 0.5) is 0 Å². The fourth-order valence-corrected chi connectivity index (χ4v) is 5.17. The zero-order chi connectivity index (χ0) is 25.2. The van der Waals surface area contributed by atoms with Crippen LogP contribution in [-0.4, -0.2) is 50.9 Å². The van der Waals surface area contributed by atoms with Gasteiger partial charge >= 0.3 is 0 Å². The summed E-state index contributed by atoms with van der Waals surface area (Å²) in [5, 5.41) is 15.5. The van der Waals surface area contributed by atoms with Gasteiger partial charge in [-0.3, -0.25) is 15.0 Å². The minimum absolute atomic E-state index is 0.00662. The lowest BCUT2D eigenvalue weighted by Gasteiger charge is -2.20. The Kier molecular flexibility index (Phi) is 6.93. The number of carbonyl (C=O) groups excluding carboxylic acids is 2. The summed E-state index contributed by atoms with van der Waals surface area (Å²) < 4.78 is 5.84. The van der Waals surface area contributed by atoms with E-state index in [2.05, 4.69) is 10.1 Å². The Labute approximate surface area is 218 Å². The van der Waals surface area contributed by atoms with E-state index in [0.717, 1.165) is 43.3 Å². The summed E-state index contributed by atoms with van der Waals surface area (Å²) in [5.74, 6) is -0.0846. The summed E-state index contributed by atoms with van der Waals surface area (Å²) in [4.78, 5) is 31.1. The Bertz CT molecular complexity index is 1330. The highest BCUT2D eigenvalue weighted by Crippen LogP contribution is 2.31. The highest BCUT2D eigenvalue weighted by Gasteiger charge is 2.36. The van der Waals surface area contributed by atoms with E-state index in [1.54, 1.807) is 24.3 Å². The molecule has 0 bridgehead atoms. The first-order valence-electron chi connectivity index (χ1n) is 11.6. The molecule has 10 heteroatoms. The standard InChI is InChI=1S/C26H24ClN5O3S/c1-16-4-6-17(7-5-16)15-35-21-9-8-18(13-20(21)27)12-19-24(28)32-26(29-25(19)34)36-22(30-32)14-23(33)31-10-2-3-11-31/h4-9,12-13,28H,2-3,10-11,14-15H2,1H3/b19-12-,28-24?. The van der Waals surface area contributed by atoms with Gasteiger partial charge in [0.25, 0.3) is 5.91 Å². The molecule has 0 aromatic heterocycles. The number of amidine groups is 2. The number of hydrogen-bond acceptors (Lipinski definition) is 6. The van der Waals surface area contributed by atoms with E-state index in [4.69, 9.17) is 21.7 Å². The zero-order valence-electron chi connectivity index (χ0n) is 19.7. The minimum atomic E-state index is -0.531. The van der Waals surface area contributed by atoms with Gasteiger partial charge in [-0.1, -0.05) is 47.5 Å². The normalized spacial score (nSPS) is 18.4. The smallest absolute Gasteiger partial charge is 0.283 e. The van der Waals surface area contributed by atoms with Gasteiger partial charge in [0, 0.05) is 13.1 Å². The van der Waals surface area contributed by atoms with Crippen LogP contribution in [0, 0.1) is 12.3 Å². The van der Waals surface area contributed by atoms with Crippen LogP contribution < -0.4 is 4.74 Å². The number of carbonyl (C=O) groups is 2. The van der Waals surface area contributed by atoms with E-state index in [1.165, 1.54) is 10.6 Å². The van der Waals surface area contributed by atoms with Crippen molar-refractivity contribution in [3.8, 4) is 5.75 Å². The lowest BCUT2D eigenvalue weighted by molar-refractivity contribution is -0.128. The number of thioether (sulfide) groups is 1. The topological polar surface area (TPSA) is 98.4 Å². The van der Waals surface area contributed by atoms with Gasteiger partial charge in [-0.05, 0) is 60.9 Å². The number of aliphatic imine (C=N–C) groups is 1. The van der Waals surface area contributed by atoms with Crippen LogP contribution in [-0.2, 0) is 16.2 Å². The van der Waals surface area contributed by atoms with Crippen molar-refractivity contribution in [2.45, 2.75) is 32.8 Å². The Hall–Kier alpha value is -3.43. The van der Waals surface area contributed by atoms with Crippen LogP contribution in [0.15, 0.2) is 58.1 Å². The molecule has 2 aromatic carbocycles. The number of halogens is 1. The van der Waals surface area contributed by atoms with E-state index >= 15 is 0 Å². The lowest BCUT2D eigenvalue weighted by atomic mass is 10.1. The molecule has 0 radical (unpaired) electrons. The quantitative estimate of drug-likeness (QED) is 0.547. The number of ether oxygens (including phenoxy) is 1. The maximum atomic E-state index is 12.7. The molecule has 2 aromatic rings. The number of benzene rings is 2. The Morgan fingerprint density at radius 2 is 1.94 bits per heavy atom. The number of hydrogen-bond donors (Lipinski definition) is 1. The fourth-order valence-electron chi connectivity index (χ4n) is 4.05. The number of rotatable bonds is 6. The Morgan fingerprint density at radius 1 is 1.19 bits per heavy atom. The molecule has 0 spiro atoms. The van der Waals surface area contributed by atoms with Crippen molar-refractivity contribution in [1.82, 2.24) is 9.91 Å². The third kappa shape index (κ3) is 5.22. The van der Waals surface area contributed by atoms with Gasteiger partial charge in [-0.25, -0.2) is 0 Å². The van der Waals surface area contributed by atoms with Crippen LogP contribution in [0.2, 0.25) is 5.02 Å². The SMILES string of the molecule is Cc1ccc(COc2ccc(/C=C3/C(=N)N4N=C(CC(=O)N5CCCC5)SC4=NC3=O)cc2Cl)cc1. The van der Waals surface area contributed by atoms with Crippen molar-refractivity contribution < 1.29 is 14.3 Å². The van der Waals surface area contributed by atoms with Gasteiger partial charge in [0.2, 0.25) is 11.1 Å². The molecule has 1 saturated heterocycles. The van der Waals surface area contributed by atoms with Gasteiger partial charge in [-0.15, -0.1) is 0 Å². The molecule has 184 valence electrons. The van der Waals surface area contributed by atoms with Crippen molar-refractivity contribution in [1.29, 1.82) is 5.41 Å². The number of hydrazone groups is 1. The van der Waals surface area contributed by atoms with Crippen molar-refractivity contribution in [2.75, 3.05) is 13.1 Å². The van der Waals surface area contributed by atoms with Gasteiger partial charge in [0.15, 0.2) is 5.84 Å². The maximum Gasteiger partial charge on any atom is 0.283 e. The van der Waals surface area contributed by atoms with Crippen molar-refractivity contribution in [3.63, 3.8) is 0 Å². The van der Waals surface area contributed by atoms with Gasteiger partial charge in [0.1, 0.15) is 17.4 Å². The van der Waals surface area contributed by atoms with Gasteiger partial charge in [0.05, 0.1) is 17.0 Å². The van der Waals surface area contributed by atoms with Gasteiger partial charge < -0.3 is 9.64 Å². The van der Waals surface area contributed by atoms with Crippen molar-refractivity contribution >= 4 is 57.3 Å². The molecule has 2 amide bonds. The summed E-state index contributed by atoms with van der Waals surface area (Å²) in [6, 6.07) is 13.2. The van der Waals surface area contributed by atoms with Crippen molar-refractivity contribution in [3.05, 3.63) is 69.8 Å². The largest absolute Gasteiger partial charge is 0.487 e. The molecule has 0 aliphatic carbocycles. The second kappa shape index (κ2) is 10.3. The molecular weight excluding hydrogens is 498 g/mol. The van der Waals surface area contributed by atoms with Gasteiger partial charge in [-0.2, -0.15) is 15.1 Å². The number of amides is 2. The predicted molar refractivity (Wildman–Crippen MR) is 142 cm³/mol. The van der Waals surface area contributed by atoms with E-state index in [0.29, 0.717) is 33.2 Å². The Balaban J connectivity index is 1.28. The average molecular weight is 522 g/mol. The molecule has 3 aliphatic rings. The van der Waals surface area contributed by atoms with Crippen molar-refractivity contribution in [2.24, 2.45) is 10.1 Å². The second-order valence-electron chi connectivity index (χ2n) is 8.74. The molecule has 5 rings (SSSR count). The maximum absolute atomic E-state index is 12.7. The first-order chi connectivity index (χ1) is 17.4. The first kappa shape index (κ1) is 24.3. The van der Waals surface area contributed by atoms with Crippen LogP contribution >= 0.6 is 23.4 Å². The van der Waals surface area contributed by atoms with Crippen LogP contribution in [0.25, 0.3) is 6.08 Å². The van der Waals surface area contributed by atoms with E-state index in [1.807, 2.05) is 36.1 Å². The molecule has 36 heavy (non-hydrogen) atoms. The summed E-state index contributed by atoms with van der Waals surface area (Å²) in [6.45, 7) is 3.94. The minimum Gasteiger partial charge on any atom is -0.487 e. The molecule has 3 heterocycles. The number of fused-ring (bicyclic) bond motifs is 1. The monoisotopic (exact) mass is 521 g/mol. The third-order valence-corrected chi connectivity index (χ3v) is 7.24. The van der Waals surface area contributed by atoms with Crippen LogP contribution in [0.5, 0.6) is 5.75 Å². The second-order valence-corrected chi connectivity index (χ2v) is 10.2. The third-order valence-electron chi connectivity index (χ3n) is 6.04. The zero-order valence-corrected chi connectivity index (χ0v) is 21.2. The molecule has 0 atom stereocenters. The number of nitrogens with zero attached hydrogens (tertiary/aromatic N) is 4. The number of aryl methyl sites for hydroxylation is 1. The highest BCUT2D eigenvalue weighted by atomic mass is 35.5. The highest BCUT2D eigenvalue weighted by molar-refractivity contribution is 8.27. The lowest BCUT2D eigenvalue weighted by Crippen LogP contribution is -2.35. The van der Waals surface area contributed by atoms with E-state index in [-0.39, 0.29) is 23.7 Å². The number of likely N-dealkylation sites (tertiary alicyclic amines) is 1. The average Bonchev–Trinajstić information content (AvgIpc) is 3.53. The summed E-state index contributed by atoms with van der Waals surface area (Å²) >= 11 is 7.59. The fraction of sp³-hybridized carbons (Fsp3) is 0.269. The molecule has 8 nitrogen and oxygen atoms in total.